The van der Waals surface area contributed by atoms with Gasteiger partial charge in [0.15, 0.2) is 0 Å². The number of furan rings is 1. The minimum absolute atomic E-state index is 0.0128. The first kappa shape index (κ1) is 46.7. The molecule has 5 heterocycles. The van der Waals surface area contributed by atoms with Crippen LogP contribution in [-0.4, -0.2) is 11.3 Å². The monoisotopic (exact) mass is 984 g/mol. The van der Waals surface area contributed by atoms with Gasteiger partial charge in [0, 0.05) is 60.4 Å². The fraction of sp³-hybridized carbons (Fsp3) is 0.265. The highest BCUT2D eigenvalue weighted by Gasteiger charge is 2.45. The predicted molar refractivity (Wildman–Crippen MR) is 322 cm³/mol. The van der Waals surface area contributed by atoms with E-state index in [0.29, 0.717) is 0 Å². The number of aryl methyl sites for hydroxylation is 2. The van der Waals surface area contributed by atoms with E-state index in [4.69, 9.17) is 4.42 Å². The molecule has 2 aliphatic rings. The van der Waals surface area contributed by atoms with Gasteiger partial charge < -0.3 is 18.8 Å². The number of nitrogens with zero attached hydrogens (tertiary/aromatic N) is 3. The van der Waals surface area contributed by atoms with E-state index in [0.717, 1.165) is 33.3 Å². The molecule has 0 aliphatic carbocycles. The lowest BCUT2D eigenvalue weighted by Crippen LogP contribution is -2.60. The molecular formula is C68H66BN3OS. The molecule has 3 aromatic heterocycles. The highest BCUT2D eigenvalue weighted by atomic mass is 32.1. The third-order valence-corrected chi connectivity index (χ3v) is 17.6. The standard InChI is InChI=1S/C68H66BN3OS/c1-39-32-41(65(3,4)5)26-30-51(39)70(52-31-27-42(33-40(52)2)66(6,7)8)45-28-29-49-54(38-45)71(53-22-19-24-58-61(53)46-20-15-17-23-57(46)73-58)55-36-44(68(12,13)14)37-56-62(55)69(49)50-35-43(67(9,10)11)34-48-60-47-21-16-18-25-59(47)74-64(60)72(56)63(48)50/h15-38H,1-14H3. The smallest absolute Gasteiger partial charge is 0.252 e. The molecule has 0 saturated carbocycles. The SMILES string of the molecule is Cc1cc(C(C)(C)C)ccc1N(c1ccc2c(c1)N(c1cccc3oc4ccccc4c13)c1cc(C(C)(C)C)cc3c1B2c1cc(C(C)(C)C)cc2c4c5ccccc5sc4n-3c12)c1ccc(C(C)(C)C)cc1C. The average molecular weight is 984 g/mol. The van der Waals surface area contributed by atoms with Crippen molar-refractivity contribution < 1.29 is 4.42 Å². The quantitative estimate of drug-likeness (QED) is 0.164. The van der Waals surface area contributed by atoms with Gasteiger partial charge in [-0.1, -0.05) is 162 Å². The number of anilines is 6. The minimum atomic E-state index is -0.157. The first-order chi connectivity index (χ1) is 35.1. The highest BCUT2D eigenvalue weighted by Crippen LogP contribution is 2.51. The van der Waals surface area contributed by atoms with Gasteiger partial charge in [-0.15, -0.1) is 11.3 Å². The summed E-state index contributed by atoms with van der Waals surface area (Å²) < 4.78 is 10.7. The number of hydrogen-bond acceptors (Lipinski definition) is 4. The van der Waals surface area contributed by atoms with E-state index in [1.165, 1.54) is 109 Å². The molecule has 2 aliphatic heterocycles. The van der Waals surface area contributed by atoms with Gasteiger partial charge in [-0.25, -0.2) is 0 Å². The maximum Gasteiger partial charge on any atom is 0.252 e. The van der Waals surface area contributed by atoms with Crippen LogP contribution >= 0.6 is 11.3 Å². The van der Waals surface area contributed by atoms with Crippen molar-refractivity contribution in [3.8, 4) is 5.69 Å². The molecule has 0 unspecified atom stereocenters. The summed E-state index contributed by atoms with van der Waals surface area (Å²) in [6.07, 6.45) is 0. The van der Waals surface area contributed by atoms with E-state index >= 15 is 0 Å². The summed E-state index contributed by atoms with van der Waals surface area (Å²) in [4.78, 5) is 6.47. The lowest BCUT2D eigenvalue weighted by Gasteiger charge is -2.42. The third-order valence-electron chi connectivity index (χ3n) is 16.4. The Morgan fingerprint density at radius 3 is 1.70 bits per heavy atom. The van der Waals surface area contributed by atoms with Crippen molar-refractivity contribution in [2.24, 2.45) is 0 Å². The largest absolute Gasteiger partial charge is 0.456 e. The summed E-state index contributed by atoms with van der Waals surface area (Å²) in [7, 11) is 0. The van der Waals surface area contributed by atoms with Gasteiger partial charge in [0.25, 0.3) is 6.71 Å². The zero-order valence-corrected chi connectivity index (χ0v) is 46.4. The zero-order chi connectivity index (χ0) is 51.7. The molecule has 0 bridgehead atoms. The Morgan fingerprint density at radius 1 is 0.459 bits per heavy atom. The average Bonchev–Trinajstić information content (AvgIpc) is 4.08. The van der Waals surface area contributed by atoms with Crippen molar-refractivity contribution in [2.45, 2.75) is 119 Å². The second kappa shape index (κ2) is 15.8. The second-order valence-corrected chi connectivity index (χ2v) is 26.6. The summed E-state index contributed by atoms with van der Waals surface area (Å²) in [5.41, 5.74) is 22.9. The van der Waals surface area contributed by atoms with E-state index in [1.54, 1.807) is 0 Å². The number of aromatic nitrogens is 1. The second-order valence-electron chi connectivity index (χ2n) is 25.6. The van der Waals surface area contributed by atoms with Gasteiger partial charge in [0.1, 0.15) is 16.0 Å². The van der Waals surface area contributed by atoms with Gasteiger partial charge in [0.2, 0.25) is 0 Å². The van der Waals surface area contributed by atoms with E-state index in [9.17, 15) is 0 Å². The van der Waals surface area contributed by atoms with Crippen molar-refractivity contribution in [1.29, 1.82) is 0 Å². The first-order valence-electron chi connectivity index (χ1n) is 26.6. The molecule has 0 saturated heterocycles. The van der Waals surface area contributed by atoms with Gasteiger partial charge >= 0.3 is 0 Å². The summed E-state index contributed by atoms with van der Waals surface area (Å²) in [6.45, 7) is 32.6. The van der Waals surface area contributed by atoms with Crippen molar-refractivity contribution in [3.05, 3.63) is 179 Å². The molecule has 8 aromatic carbocycles. The maximum absolute atomic E-state index is 6.74. The topological polar surface area (TPSA) is 24.6 Å². The van der Waals surface area contributed by atoms with E-state index in [1.807, 2.05) is 11.3 Å². The van der Waals surface area contributed by atoms with E-state index < -0.39 is 0 Å². The van der Waals surface area contributed by atoms with Gasteiger partial charge in [-0.2, -0.15) is 0 Å². The van der Waals surface area contributed by atoms with Crippen molar-refractivity contribution in [1.82, 2.24) is 4.57 Å². The molecule has 0 spiro atoms. The number of hydrogen-bond donors (Lipinski definition) is 0. The molecule has 6 heteroatoms. The Labute approximate surface area is 441 Å². The molecule has 368 valence electrons. The molecule has 0 atom stereocenters. The van der Waals surface area contributed by atoms with Gasteiger partial charge in [-0.3, -0.25) is 0 Å². The Bertz CT molecular complexity index is 4110. The molecule has 11 aromatic rings. The van der Waals surface area contributed by atoms with Crippen LogP contribution in [0.4, 0.5) is 34.1 Å². The van der Waals surface area contributed by atoms with E-state index in [-0.39, 0.29) is 28.4 Å². The molecule has 0 radical (unpaired) electrons. The van der Waals surface area contributed by atoms with E-state index in [2.05, 4.69) is 257 Å². The normalized spacial score (nSPS) is 13.8. The van der Waals surface area contributed by atoms with Crippen LogP contribution in [0.3, 0.4) is 0 Å². The molecule has 0 amide bonds. The molecular weight excluding hydrogens is 918 g/mol. The van der Waals surface area contributed by atoms with Crippen LogP contribution in [0.2, 0.25) is 0 Å². The summed E-state index contributed by atoms with van der Waals surface area (Å²) in [6, 6.07) is 56.0. The summed E-state index contributed by atoms with van der Waals surface area (Å²) in [5, 5.41) is 6.27. The highest BCUT2D eigenvalue weighted by molar-refractivity contribution is 7.26. The maximum atomic E-state index is 6.74. The van der Waals surface area contributed by atoms with Crippen molar-refractivity contribution >= 4 is 122 Å². The lowest BCUT2D eigenvalue weighted by molar-refractivity contribution is 0.589. The number of fused-ring (bicyclic) bond motifs is 12. The number of thiophene rings is 1. The molecule has 74 heavy (non-hydrogen) atoms. The van der Waals surface area contributed by atoms with Crippen LogP contribution < -0.4 is 26.2 Å². The van der Waals surface area contributed by atoms with Crippen LogP contribution in [0.25, 0.3) is 58.8 Å². The Balaban J connectivity index is 1.18. The molecule has 4 nitrogen and oxygen atoms in total. The lowest BCUT2D eigenvalue weighted by atomic mass is 9.33. The van der Waals surface area contributed by atoms with Crippen LogP contribution in [0, 0.1) is 13.8 Å². The number of para-hydroxylation sites is 1. The van der Waals surface area contributed by atoms with Gasteiger partial charge in [-0.05, 0) is 152 Å². The number of rotatable bonds is 4. The van der Waals surface area contributed by atoms with Crippen LogP contribution in [-0.2, 0) is 21.7 Å². The first-order valence-corrected chi connectivity index (χ1v) is 27.4. The van der Waals surface area contributed by atoms with Crippen LogP contribution in [0.1, 0.15) is 116 Å². The summed E-state index contributed by atoms with van der Waals surface area (Å²) in [5.74, 6) is 0. The summed E-state index contributed by atoms with van der Waals surface area (Å²) >= 11 is 1.93. The van der Waals surface area contributed by atoms with Crippen molar-refractivity contribution in [3.63, 3.8) is 0 Å². The minimum Gasteiger partial charge on any atom is -0.456 e. The Kier molecular flexibility index (Phi) is 9.95. The van der Waals surface area contributed by atoms with Gasteiger partial charge in [0.05, 0.1) is 16.6 Å². The Morgan fingerprint density at radius 2 is 1.05 bits per heavy atom. The fourth-order valence-electron chi connectivity index (χ4n) is 12.3. The third kappa shape index (κ3) is 6.93. The predicted octanol–water partition coefficient (Wildman–Crippen LogP) is 17.8. The zero-order valence-electron chi connectivity index (χ0n) is 45.6. The molecule has 0 fully saturated rings. The van der Waals surface area contributed by atoms with Crippen molar-refractivity contribution in [2.75, 3.05) is 9.80 Å². The van der Waals surface area contributed by atoms with Crippen LogP contribution in [0.15, 0.2) is 150 Å². The Hall–Kier alpha value is -7.02. The molecule has 13 rings (SSSR count). The number of benzene rings is 8. The van der Waals surface area contributed by atoms with Crippen LogP contribution in [0.5, 0.6) is 0 Å². The fourth-order valence-corrected chi connectivity index (χ4v) is 13.6. The molecule has 0 N–H and O–H groups in total.